The first kappa shape index (κ1) is 20.0. The summed E-state index contributed by atoms with van der Waals surface area (Å²) in [7, 11) is 1.46. The third kappa shape index (κ3) is 4.46. The number of methoxy groups -OCH3 is 1. The molecule has 4 N–H and O–H groups in total. The molecule has 1 aromatic heterocycles. The molecule has 1 heterocycles. The number of hydrogen-bond acceptors (Lipinski definition) is 5. The lowest BCUT2D eigenvalue weighted by Crippen LogP contribution is -2.20. The van der Waals surface area contributed by atoms with Crippen LogP contribution in [0.5, 0.6) is 11.5 Å². The molecule has 144 valence electrons. The number of nitrogens with one attached hydrogen (secondary N) is 2. The van der Waals surface area contributed by atoms with Crippen LogP contribution in [-0.2, 0) is 11.2 Å². The van der Waals surface area contributed by atoms with Crippen LogP contribution < -0.4 is 20.5 Å². The van der Waals surface area contributed by atoms with Crippen molar-refractivity contribution in [3.63, 3.8) is 0 Å². The molecule has 2 amide bonds. The first-order chi connectivity index (χ1) is 12.8. The Morgan fingerprint density at radius 2 is 1.93 bits per heavy atom. The largest absolute Gasteiger partial charge is 0.493 e. The Morgan fingerprint density at radius 1 is 1.22 bits per heavy atom. The Balaban J connectivity index is 2.30. The molecule has 1 aromatic carbocycles. The number of aromatic amines is 1. The monoisotopic (exact) mass is 373 g/mol. The highest BCUT2D eigenvalue weighted by atomic mass is 16.5. The Labute approximate surface area is 157 Å². The third-order valence-electron chi connectivity index (χ3n) is 4.02. The van der Waals surface area contributed by atoms with Crippen molar-refractivity contribution in [1.82, 2.24) is 4.98 Å². The van der Waals surface area contributed by atoms with Gasteiger partial charge in [0.15, 0.2) is 23.9 Å². The number of nitrogens with two attached hydrogens (primary N) is 1. The summed E-state index contributed by atoms with van der Waals surface area (Å²) in [6.07, 6.45) is 0.539. The summed E-state index contributed by atoms with van der Waals surface area (Å²) in [6.45, 7) is 4.80. The quantitative estimate of drug-likeness (QED) is 0.612. The molecule has 0 atom stereocenters. The van der Waals surface area contributed by atoms with Gasteiger partial charge in [-0.2, -0.15) is 0 Å². The number of primary amides is 1. The van der Waals surface area contributed by atoms with Crippen LogP contribution in [0.1, 0.15) is 46.0 Å². The van der Waals surface area contributed by atoms with Crippen LogP contribution in [0.25, 0.3) is 0 Å². The number of aromatic nitrogens is 1. The van der Waals surface area contributed by atoms with Crippen molar-refractivity contribution in [2.24, 2.45) is 5.73 Å². The zero-order valence-electron chi connectivity index (χ0n) is 15.8. The number of rotatable bonds is 8. The van der Waals surface area contributed by atoms with Gasteiger partial charge in [-0.1, -0.05) is 6.92 Å². The zero-order chi connectivity index (χ0) is 20.1. The van der Waals surface area contributed by atoms with E-state index in [2.05, 4.69) is 10.3 Å². The van der Waals surface area contributed by atoms with Crippen LogP contribution in [0.4, 0.5) is 5.69 Å². The number of aryl methyl sites for hydroxylation is 1. The average Bonchev–Trinajstić information content (AvgIpc) is 2.96. The molecule has 0 radical (unpaired) electrons. The number of ketones is 1. The van der Waals surface area contributed by atoms with Crippen molar-refractivity contribution in [3.05, 3.63) is 40.7 Å². The topological polar surface area (TPSA) is 124 Å². The molecule has 8 heteroatoms. The summed E-state index contributed by atoms with van der Waals surface area (Å²) < 4.78 is 10.5. The third-order valence-corrected chi connectivity index (χ3v) is 4.02. The fraction of sp³-hybridized carbons (Fsp3) is 0.316. The second-order valence-electron chi connectivity index (χ2n) is 5.96. The summed E-state index contributed by atoms with van der Waals surface area (Å²) in [4.78, 5) is 38.5. The fourth-order valence-corrected chi connectivity index (χ4v) is 2.91. The summed E-state index contributed by atoms with van der Waals surface area (Å²) in [5.41, 5.74) is 7.76. The van der Waals surface area contributed by atoms with Crippen LogP contribution in [0.3, 0.4) is 0 Å². The second kappa shape index (κ2) is 8.39. The predicted octanol–water partition coefficient (Wildman–Crippen LogP) is 2.21. The van der Waals surface area contributed by atoms with Gasteiger partial charge in [0, 0.05) is 23.0 Å². The molecule has 0 saturated heterocycles. The molecule has 2 aromatic rings. The number of hydrogen-bond donors (Lipinski definition) is 3. The van der Waals surface area contributed by atoms with Gasteiger partial charge in [-0.15, -0.1) is 0 Å². The van der Waals surface area contributed by atoms with E-state index >= 15 is 0 Å². The minimum Gasteiger partial charge on any atom is -0.493 e. The molecule has 0 fully saturated rings. The van der Waals surface area contributed by atoms with Crippen LogP contribution in [0, 0.1) is 6.92 Å². The minimum absolute atomic E-state index is 0.0914. The molecule has 2 rings (SSSR count). The molecule has 0 aliphatic heterocycles. The number of ether oxygens (including phenoxy) is 2. The SMILES string of the molecule is CCc1c(C(=O)Nc2ccc(OC)c(OCC(N)=O)c2)[nH]c(C)c1C(C)=O. The summed E-state index contributed by atoms with van der Waals surface area (Å²) >= 11 is 0. The van der Waals surface area contributed by atoms with Crippen molar-refractivity contribution >= 4 is 23.3 Å². The summed E-state index contributed by atoms with van der Waals surface area (Å²) in [6, 6.07) is 4.78. The van der Waals surface area contributed by atoms with Gasteiger partial charge in [-0.05, 0) is 38.0 Å². The lowest BCUT2D eigenvalue weighted by atomic mass is 10.0. The normalized spacial score (nSPS) is 10.4. The van der Waals surface area contributed by atoms with Crippen LogP contribution in [0.15, 0.2) is 18.2 Å². The number of amides is 2. The molecular weight excluding hydrogens is 350 g/mol. The van der Waals surface area contributed by atoms with Gasteiger partial charge in [0.05, 0.1) is 7.11 Å². The van der Waals surface area contributed by atoms with Gasteiger partial charge in [0.2, 0.25) is 0 Å². The highest BCUT2D eigenvalue weighted by molar-refractivity contribution is 6.07. The van der Waals surface area contributed by atoms with Gasteiger partial charge in [0.25, 0.3) is 11.8 Å². The van der Waals surface area contributed by atoms with E-state index in [4.69, 9.17) is 15.2 Å². The van der Waals surface area contributed by atoms with Crippen LogP contribution in [0.2, 0.25) is 0 Å². The van der Waals surface area contributed by atoms with E-state index < -0.39 is 5.91 Å². The standard InChI is InChI=1S/C19H23N3O5/c1-5-13-17(11(3)23)10(2)21-18(13)19(25)22-12-6-7-14(26-4)15(8-12)27-9-16(20)24/h6-8,21H,5,9H2,1-4H3,(H2,20,24)(H,22,25). The zero-order valence-corrected chi connectivity index (χ0v) is 15.8. The summed E-state index contributed by atoms with van der Waals surface area (Å²) in [5, 5.41) is 2.76. The fourth-order valence-electron chi connectivity index (χ4n) is 2.91. The maximum Gasteiger partial charge on any atom is 0.272 e. The Morgan fingerprint density at radius 3 is 2.48 bits per heavy atom. The van der Waals surface area contributed by atoms with Gasteiger partial charge in [-0.25, -0.2) is 0 Å². The molecular formula is C19H23N3O5. The maximum absolute atomic E-state index is 12.7. The lowest BCUT2D eigenvalue weighted by molar-refractivity contribution is -0.119. The number of carbonyl (C=O) groups excluding carboxylic acids is 3. The molecule has 27 heavy (non-hydrogen) atoms. The first-order valence-corrected chi connectivity index (χ1v) is 8.41. The summed E-state index contributed by atoms with van der Waals surface area (Å²) in [5.74, 6) is -0.424. The number of Topliss-reactive ketones (excluding diaryl/α,β-unsaturated/α-hetero) is 1. The Kier molecular flexibility index (Phi) is 6.23. The van der Waals surface area contributed by atoms with Gasteiger partial charge >= 0.3 is 0 Å². The van der Waals surface area contributed by atoms with E-state index in [9.17, 15) is 14.4 Å². The molecule has 0 aliphatic carbocycles. The van der Waals surface area contributed by atoms with Crippen molar-refractivity contribution in [3.8, 4) is 11.5 Å². The Hall–Kier alpha value is -3.29. The van der Waals surface area contributed by atoms with Gasteiger partial charge in [0.1, 0.15) is 5.69 Å². The van der Waals surface area contributed by atoms with E-state index in [-0.39, 0.29) is 24.0 Å². The molecule has 8 nitrogen and oxygen atoms in total. The number of anilines is 1. The second-order valence-corrected chi connectivity index (χ2v) is 5.96. The Bertz CT molecular complexity index is 886. The highest BCUT2D eigenvalue weighted by Crippen LogP contribution is 2.30. The lowest BCUT2D eigenvalue weighted by Gasteiger charge is -2.12. The number of carbonyl (C=O) groups is 3. The number of H-pyrrole nitrogens is 1. The van der Waals surface area contributed by atoms with E-state index in [0.29, 0.717) is 40.4 Å². The van der Waals surface area contributed by atoms with E-state index in [1.54, 1.807) is 19.1 Å². The van der Waals surface area contributed by atoms with Crippen molar-refractivity contribution in [2.45, 2.75) is 27.2 Å². The first-order valence-electron chi connectivity index (χ1n) is 8.41. The van der Waals surface area contributed by atoms with Crippen molar-refractivity contribution in [2.75, 3.05) is 19.0 Å². The van der Waals surface area contributed by atoms with Crippen molar-refractivity contribution in [1.29, 1.82) is 0 Å². The van der Waals surface area contributed by atoms with E-state index in [1.807, 2.05) is 6.92 Å². The van der Waals surface area contributed by atoms with E-state index in [1.165, 1.54) is 20.1 Å². The molecule has 0 spiro atoms. The van der Waals surface area contributed by atoms with Crippen molar-refractivity contribution < 1.29 is 23.9 Å². The number of benzene rings is 1. The maximum atomic E-state index is 12.7. The molecule has 0 bridgehead atoms. The van der Waals surface area contributed by atoms with E-state index in [0.717, 1.165) is 0 Å². The highest BCUT2D eigenvalue weighted by Gasteiger charge is 2.22. The average molecular weight is 373 g/mol. The predicted molar refractivity (Wildman–Crippen MR) is 101 cm³/mol. The van der Waals surface area contributed by atoms with Gasteiger partial charge in [-0.3, -0.25) is 14.4 Å². The van der Waals surface area contributed by atoms with Crippen LogP contribution in [-0.4, -0.2) is 36.3 Å². The molecule has 0 unspecified atom stereocenters. The minimum atomic E-state index is -0.627. The van der Waals surface area contributed by atoms with Crippen LogP contribution >= 0.6 is 0 Å². The molecule has 0 aliphatic rings. The van der Waals surface area contributed by atoms with Gasteiger partial charge < -0.3 is 25.5 Å². The smallest absolute Gasteiger partial charge is 0.272 e. The molecule has 0 saturated carbocycles.